The van der Waals surface area contributed by atoms with E-state index < -0.39 is 0 Å². The van der Waals surface area contributed by atoms with Gasteiger partial charge in [0.25, 0.3) is 5.91 Å². The van der Waals surface area contributed by atoms with Crippen molar-refractivity contribution < 1.29 is 4.79 Å². The van der Waals surface area contributed by atoms with Crippen molar-refractivity contribution in [2.24, 2.45) is 0 Å². The Hall–Kier alpha value is -2.80. The molecule has 0 atom stereocenters. The van der Waals surface area contributed by atoms with Crippen LogP contribution < -0.4 is 10.6 Å². The number of nitrogens with zero attached hydrogens (tertiary/aromatic N) is 3. The predicted octanol–water partition coefficient (Wildman–Crippen LogP) is 3.31. The van der Waals surface area contributed by atoms with Gasteiger partial charge in [0.1, 0.15) is 0 Å². The molecule has 6 nitrogen and oxygen atoms in total. The molecule has 0 saturated heterocycles. The molecule has 1 amide bonds. The Kier molecular flexibility index (Phi) is 5.12. The molecule has 3 rings (SSSR count). The van der Waals surface area contributed by atoms with Crippen LogP contribution in [0.15, 0.2) is 65.4 Å². The highest BCUT2D eigenvalue weighted by Crippen LogP contribution is 2.18. The number of carbonyl (C=O) groups is 1. The summed E-state index contributed by atoms with van der Waals surface area (Å²) in [5.41, 5.74) is 2.12. The Morgan fingerprint density at radius 2 is 1.88 bits per heavy atom. The summed E-state index contributed by atoms with van der Waals surface area (Å²) in [6.45, 7) is 0.418. The third-order valence-electron chi connectivity index (χ3n) is 3.20. The van der Waals surface area contributed by atoms with Crippen LogP contribution in [0.25, 0.3) is 0 Å². The van der Waals surface area contributed by atoms with Crippen LogP contribution in [-0.4, -0.2) is 21.1 Å². The van der Waals surface area contributed by atoms with Crippen LogP contribution in [0, 0.1) is 0 Å². The molecule has 0 fully saturated rings. The van der Waals surface area contributed by atoms with Gasteiger partial charge in [-0.1, -0.05) is 22.0 Å². The molecule has 0 radical (unpaired) electrons. The van der Waals surface area contributed by atoms with Gasteiger partial charge in [0.15, 0.2) is 11.5 Å². The summed E-state index contributed by atoms with van der Waals surface area (Å²) in [4.78, 5) is 16.0. The third kappa shape index (κ3) is 4.36. The van der Waals surface area contributed by atoms with Crippen molar-refractivity contribution in [2.45, 2.75) is 6.54 Å². The van der Waals surface area contributed by atoms with Crippen molar-refractivity contribution in [2.75, 3.05) is 5.32 Å². The Balaban J connectivity index is 1.60. The molecule has 0 aliphatic carbocycles. The lowest BCUT2D eigenvalue weighted by atomic mass is 10.2. The van der Waals surface area contributed by atoms with Crippen molar-refractivity contribution >= 4 is 33.3 Å². The molecule has 7 heteroatoms. The third-order valence-corrected chi connectivity index (χ3v) is 3.69. The fraction of sp³-hybridized carbons (Fsp3) is 0.0588. The first-order valence-corrected chi connectivity index (χ1v) is 8.03. The zero-order valence-corrected chi connectivity index (χ0v) is 14.2. The van der Waals surface area contributed by atoms with E-state index in [0.717, 1.165) is 15.7 Å². The maximum atomic E-state index is 12.1. The quantitative estimate of drug-likeness (QED) is 0.706. The first-order valence-electron chi connectivity index (χ1n) is 7.24. The van der Waals surface area contributed by atoms with E-state index in [1.807, 2.05) is 36.4 Å². The summed E-state index contributed by atoms with van der Waals surface area (Å²) in [6.07, 6.45) is 3.37. The molecule has 0 spiro atoms. The number of halogens is 1. The Bertz CT molecular complexity index is 824. The smallest absolute Gasteiger partial charge is 0.272 e. The summed E-state index contributed by atoms with van der Waals surface area (Å²) in [7, 11) is 0. The Morgan fingerprint density at radius 1 is 1.04 bits per heavy atom. The van der Waals surface area contributed by atoms with E-state index in [1.165, 1.54) is 0 Å². The summed E-state index contributed by atoms with van der Waals surface area (Å²) >= 11 is 3.41. The summed E-state index contributed by atoms with van der Waals surface area (Å²) in [5, 5.41) is 13.9. The molecule has 24 heavy (non-hydrogen) atoms. The molecule has 2 heterocycles. The number of anilines is 2. The lowest BCUT2D eigenvalue weighted by Crippen LogP contribution is -2.24. The number of amides is 1. The average molecular weight is 384 g/mol. The molecule has 0 aliphatic rings. The second kappa shape index (κ2) is 7.65. The Labute approximate surface area is 147 Å². The molecule has 1 aromatic carbocycles. The highest BCUT2D eigenvalue weighted by atomic mass is 79.9. The van der Waals surface area contributed by atoms with Crippen LogP contribution in [0.2, 0.25) is 0 Å². The number of hydrogen-bond acceptors (Lipinski definition) is 5. The number of pyridine rings is 1. The van der Waals surface area contributed by atoms with Gasteiger partial charge in [0.05, 0.1) is 0 Å². The van der Waals surface area contributed by atoms with Crippen LogP contribution in [-0.2, 0) is 6.54 Å². The standard InChI is InChI=1S/C17H14BrN5O/c18-13-2-1-3-14(10-13)21-16-5-4-15(22-23-16)17(24)20-11-12-6-8-19-9-7-12/h1-10H,11H2,(H,20,24)(H,21,23). The second-order valence-electron chi connectivity index (χ2n) is 4.98. The average Bonchev–Trinajstić information content (AvgIpc) is 2.61. The van der Waals surface area contributed by atoms with Crippen molar-refractivity contribution in [3.8, 4) is 0 Å². The van der Waals surface area contributed by atoms with Crippen molar-refractivity contribution in [3.63, 3.8) is 0 Å². The zero-order chi connectivity index (χ0) is 16.8. The number of nitrogens with one attached hydrogen (secondary N) is 2. The van der Waals surface area contributed by atoms with E-state index in [2.05, 4.69) is 41.7 Å². The fourth-order valence-corrected chi connectivity index (χ4v) is 2.41. The maximum Gasteiger partial charge on any atom is 0.272 e. The van der Waals surface area contributed by atoms with Gasteiger partial charge >= 0.3 is 0 Å². The van der Waals surface area contributed by atoms with E-state index in [4.69, 9.17) is 0 Å². The maximum absolute atomic E-state index is 12.1. The van der Waals surface area contributed by atoms with Crippen LogP contribution in [0.1, 0.15) is 16.1 Å². The summed E-state index contributed by atoms with van der Waals surface area (Å²) in [5.74, 6) is 0.298. The number of carbonyl (C=O) groups excluding carboxylic acids is 1. The highest BCUT2D eigenvalue weighted by molar-refractivity contribution is 9.10. The molecule has 3 aromatic rings. The van der Waals surface area contributed by atoms with Gasteiger partial charge in [-0.3, -0.25) is 9.78 Å². The molecular weight excluding hydrogens is 370 g/mol. The molecule has 0 unspecified atom stereocenters. The molecule has 2 N–H and O–H groups in total. The zero-order valence-electron chi connectivity index (χ0n) is 12.6. The topological polar surface area (TPSA) is 79.8 Å². The molecule has 0 aliphatic heterocycles. The fourth-order valence-electron chi connectivity index (χ4n) is 2.01. The van der Waals surface area contributed by atoms with Crippen LogP contribution in [0.5, 0.6) is 0 Å². The van der Waals surface area contributed by atoms with Crippen molar-refractivity contribution in [1.29, 1.82) is 0 Å². The lowest BCUT2D eigenvalue weighted by molar-refractivity contribution is 0.0945. The number of aromatic nitrogens is 3. The van der Waals surface area contributed by atoms with Crippen molar-refractivity contribution in [3.05, 3.63) is 76.7 Å². The van der Waals surface area contributed by atoms with Gasteiger partial charge in [0.2, 0.25) is 0 Å². The van der Waals surface area contributed by atoms with E-state index >= 15 is 0 Å². The first-order chi connectivity index (χ1) is 11.7. The van der Waals surface area contributed by atoms with Crippen molar-refractivity contribution in [1.82, 2.24) is 20.5 Å². The van der Waals surface area contributed by atoms with Crippen LogP contribution >= 0.6 is 15.9 Å². The number of rotatable bonds is 5. The first kappa shape index (κ1) is 16.1. The van der Waals surface area contributed by atoms with E-state index in [1.54, 1.807) is 24.5 Å². The minimum atomic E-state index is -0.270. The summed E-state index contributed by atoms with van der Waals surface area (Å²) in [6, 6.07) is 14.7. The van der Waals surface area contributed by atoms with Crippen LogP contribution in [0.4, 0.5) is 11.5 Å². The second-order valence-corrected chi connectivity index (χ2v) is 5.89. The van der Waals surface area contributed by atoms with Gasteiger partial charge in [-0.25, -0.2) is 0 Å². The predicted molar refractivity (Wildman–Crippen MR) is 94.9 cm³/mol. The van der Waals surface area contributed by atoms with Gasteiger partial charge in [-0.15, -0.1) is 10.2 Å². The molecule has 0 bridgehead atoms. The van der Waals surface area contributed by atoms with Gasteiger partial charge < -0.3 is 10.6 Å². The molecule has 0 saturated carbocycles. The molecule has 2 aromatic heterocycles. The largest absolute Gasteiger partial charge is 0.347 e. The lowest BCUT2D eigenvalue weighted by Gasteiger charge is -2.07. The monoisotopic (exact) mass is 383 g/mol. The van der Waals surface area contributed by atoms with Gasteiger partial charge in [-0.05, 0) is 48.0 Å². The van der Waals surface area contributed by atoms with Gasteiger partial charge in [-0.2, -0.15) is 0 Å². The van der Waals surface area contributed by atoms with Crippen LogP contribution in [0.3, 0.4) is 0 Å². The summed E-state index contributed by atoms with van der Waals surface area (Å²) < 4.78 is 0.965. The van der Waals surface area contributed by atoms with E-state index in [-0.39, 0.29) is 11.6 Å². The number of benzene rings is 1. The normalized spacial score (nSPS) is 10.2. The SMILES string of the molecule is O=C(NCc1ccncc1)c1ccc(Nc2cccc(Br)c2)nn1. The molecule has 120 valence electrons. The van der Waals surface area contributed by atoms with Gasteiger partial charge in [0, 0.05) is 29.1 Å². The minimum Gasteiger partial charge on any atom is -0.347 e. The van der Waals surface area contributed by atoms with E-state index in [9.17, 15) is 4.79 Å². The number of hydrogen-bond donors (Lipinski definition) is 2. The Morgan fingerprint density at radius 3 is 2.58 bits per heavy atom. The molecular formula is C17H14BrN5O. The highest BCUT2D eigenvalue weighted by Gasteiger charge is 2.08. The van der Waals surface area contributed by atoms with E-state index in [0.29, 0.717) is 12.4 Å². The minimum absolute atomic E-state index is 0.267.